The summed E-state index contributed by atoms with van der Waals surface area (Å²) in [4.78, 5) is 9.46. The molecule has 5 N–H and O–H groups in total. The van der Waals surface area contributed by atoms with Crippen LogP contribution in [0, 0.1) is 44.4 Å². The lowest BCUT2D eigenvalue weighted by atomic mass is 9.99. The minimum atomic E-state index is -3.75. The van der Waals surface area contributed by atoms with Crippen LogP contribution in [0.15, 0.2) is 108 Å². The minimum absolute atomic E-state index is 0.0142. The first-order valence-corrected chi connectivity index (χ1v) is 24.9. The van der Waals surface area contributed by atoms with Crippen LogP contribution in [-0.2, 0) is 46.2 Å². The summed E-state index contributed by atoms with van der Waals surface area (Å²) in [7, 11) is -7.48. The van der Waals surface area contributed by atoms with E-state index < -0.39 is 20.0 Å². The third kappa shape index (κ3) is 10.2. The van der Waals surface area contributed by atoms with Crippen molar-refractivity contribution >= 4 is 37.2 Å². The van der Waals surface area contributed by atoms with Gasteiger partial charge in [-0.15, -0.1) is 0 Å². The van der Waals surface area contributed by atoms with Crippen LogP contribution in [0.4, 0.5) is 0 Å². The normalized spacial score (nSPS) is 14.0. The van der Waals surface area contributed by atoms with Crippen LogP contribution in [0.2, 0.25) is 0 Å². The van der Waals surface area contributed by atoms with Crippen LogP contribution in [0.1, 0.15) is 105 Å². The highest BCUT2D eigenvalue weighted by atomic mass is 32.2. The van der Waals surface area contributed by atoms with Gasteiger partial charge < -0.3 is 14.5 Å². The van der Waals surface area contributed by atoms with Crippen LogP contribution in [0.25, 0.3) is 11.3 Å². The molecule has 10 rings (SSSR count). The van der Waals surface area contributed by atoms with Crippen molar-refractivity contribution in [3.8, 4) is 6.07 Å². The number of nitrogens with two attached hydrogens (primary N) is 1. The molecule has 6 aromatic heterocycles. The predicted molar refractivity (Wildman–Crippen MR) is 253 cm³/mol. The molecular formula is C48H51N13O4S2. The number of nitriles is 1. The first-order valence-electron chi connectivity index (χ1n) is 22.0. The number of hydrogen-bond donors (Lipinski definition) is 4. The van der Waals surface area contributed by atoms with E-state index in [1.807, 2.05) is 61.0 Å². The van der Waals surface area contributed by atoms with Gasteiger partial charge in [0.1, 0.15) is 26.9 Å². The number of imidazole rings is 2. The molecule has 0 spiro atoms. The van der Waals surface area contributed by atoms with Crippen molar-refractivity contribution in [2.24, 2.45) is 5.73 Å². The van der Waals surface area contributed by atoms with Gasteiger partial charge in [0, 0.05) is 55.8 Å². The van der Waals surface area contributed by atoms with Crippen LogP contribution >= 0.6 is 0 Å². The number of fused-ring (bicyclic) bond motifs is 2. The van der Waals surface area contributed by atoms with Crippen molar-refractivity contribution in [1.82, 2.24) is 47.8 Å². The molecule has 0 atom stereocenters. The molecule has 2 saturated carbocycles. The third-order valence-corrected chi connectivity index (χ3v) is 15.1. The van der Waals surface area contributed by atoms with Crippen LogP contribution in [-0.4, -0.2) is 61.0 Å². The summed E-state index contributed by atoms with van der Waals surface area (Å²) in [5.74, 6) is 1.32. The number of nitrogens with one attached hydrogen (secondary N) is 3. The Hall–Kier alpha value is -6.98. The van der Waals surface area contributed by atoms with Gasteiger partial charge in [-0.1, -0.05) is 12.1 Å². The summed E-state index contributed by atoms with van der Waals surface area (Å²) < 4.78 is 63.9. The van der Waals surface area contributed by atoms with Crippen LogP contribution in [0.3, 0.4) is 0 Å². The van der Waals surface area contributed by atoms with Gasteiger partial charge in [0.15, 0.2) is 0 Å². The van der Waals surface area contributed by atoms with Crippen molar-refractivity contribution in [2.45, 2.75) is 101 Å². The van der Waals surface area contributed by atoms with Gasteiger partial charge in [-0.3, -0.25) is 14.8 Å². The number of aryl methyl sites for hydroxylation is 4. The van der Waals surface area contributed by atoms with Gasteiger partial charge in [0.25, 0.3) is 0 Å². The van der Waals surface area contributed by atoms with Gasteiger partial charge in [-0.25, -0.2) is 36.2 Å². The number of nitrogen functional groups attached to an aromatic ring is 1. The molecule has 2 aliphatic rings. The molecule has 344 valence electrons. The number of aromatic nitrogens is 8. The molecule has 0 unspecified atom stereocenters. The Morgan fingerprint density at radius 1 is 0.672 bits per heavy atom. The number of hydrogen-bond acceptors (Lipinski definition) is 10. The zero-order valence-electron chi connectivity index (χ0n) is 37.6. The summed E-state index contributed by atoms with van der Waals surface area (Å²) >= 11 is 0. The van der Waals surface area contributed by atoms with E-state index in [2.05, 4.69) is 60.2 Å². The van der Waals surface area contributed by atoms with Crippen molar-refractivity contribution in [3.63, 3.8) is 0 Å². The molecule has 2 fully saturated rings. The summed E-state index contributed by atoms with van der Waals surface area (Å²) in [5.41, 5.74) is 18.0. The second kappa shape index (κ2) is 18.0. The van der Waals surface area contributed by atoms with Crippen molar-refractivity contribution < 1.29 is 16.8 Å². The van der Waals surface area contributed by atoms with Crippen molar-refractivity contribution in [3.05, 3.63) is 165 Å². The Morgan fingerprint density at radius 2 is 1.09 bits per heavy atom. The average Bonchev–Trinajstić information content (AvgIpc) is 4.11. The lowest BCUT2D eigenvalue weighted by Crippen LogP contribution is -2.24. The average molecular weight is 938 g/mol. The molecule has 2 aliphatic carbocycles. The Bertz CT molecular complexity index is 3430. The van der Waals surface area contributed by atoms with E-state index in [9.17, 15) is 16.8 Å². The van der Waals surface area contributed by atoms with E-state index in [0.29, 0.717) is 36.1 Å². The van der Waals surface area contributed by atoms with Crippen LogP contribution in [0.5, 0.6) is 0 Å². The number of pyridine rings is 2. The van der Waals surface area contributed by atoms with Crippen molar-refractivity contribution in [2.75, 3.05) is 0 Å². The monoisotopic (exact) mass is 937 g/mol. The van der Waals surface area contributed by atoms with Gasteiger partial charge in [-0.05, 0) is 146 Å². The first kappa shape index (κ1) is 45.2. The van der Waals surface area contributed by atoms with Gasteiger partial charge in [0.05, 0.1) is 48.5 Å². The SMILES string of the molecule is Cc1cc(C#N)cc(C)c1CNS(=O)(=O)c1cnn(Cc2cn3cc(C4CC4)ccc3n2)c1.Cc1cc(C(=N)N)cc(C)c1CNS(=O)(=O)c1cnn(Cc2cn3cc(C4CC4)ccc3n2)c1. The topological polar surface area (TPSA) is 236 Å². The van der Waals surface area contributed by atoms with Gasteiger partial charge >= 0.3 is 0 Å². The molecule has 6 heterocycles. The fourth-order valence-corrected chi connectivity index (χ4v) is 10.2. The summed E-state index contributed by atoms with van der Waals surface area (Å²) in [6.07, 6.45) is 18.9. The predicted octanol–water partition coefficient (Wildman–Crippen LogP) is 6.26. The highest BCUT2D eigenvalue weighted by Crippen LogP contribution is 2.40. The maximum Gasteiger partial charge on any atom is 0.243 e. The minimum Gasteiger partial charge on any atom is -0.384 e. The summed E-state index contributed by atoms with van der Waals surface area (Å²) in [5, 5.41) is 25.2. The lowest BCUT2D eigenvalue weighted by Gasteiger charge is -2.13. The van der Waals surface area contributed by atoms with E-state index >= 15 is 0 Å². The van der Waals surface area contributed by atoms with Crippen molar-refractivity contribution in [1.29, 1.82) is 10.7 Å². The molecule has 8 aromatic rings. The molecule has 0 aliphatic heterocycles. The first-order chi connectivity index (χ1) is 32.0. The number of rotatable bonds is 15. The lowest BCUT2D eigenvalue weighted by molar-refractivity contribution is 0.579. The standard InChI is InChI=1S/C24H27N7O2S.C24H24N6O2S/c1-15-7-19(24(25)26)8-16(2)22(15)10-28-34(32,33)21-9-27-31(14-21)13-20-12-30-11-18(17-3-4-17)5-6-23(30)29-20;1-16-7-18(9-25)8-17(2)23(16)11-27-33(31,32)22-10-26-30(15-22)14-21-13-29-12-20(19-3-4-19)5-6-24(29)28-21/h5-9,11-12,14,17,28H,3-4,10,13H2,1-2H3,(H3,25,26);5-8,10,12-13,15,19,27H,3-4,11,14H2,1-2H3. The Balaban J connectivity index is 0.000000168. The molecule has 0 saturated heterocycles. The third-order valence-electron chi connectivity index (χ3n) is 12.3. The van der Waals surface area contributed by atoms with E-state index in [1.165, 1.54) is 61.6 Å². The largest absolute Gasteiger partial charge is 0.384 e. The van der Waals surface area contributed by atoms with E-state index in [0.717, 1.165) is 56.1 Å². The van der Waals surface area contributed by atoms with Gasteiger partial charge in [0.2, 0.25) is 20.0 Å². The fourth-order valence-electron chi connectivity index (χ4n) is 8.33. The van der Waals surface area contributed by atoms with E-state index in [1.54, 1.807) is 33.6 Å². The quantitative estimate of drug-likeness (QED) is 0.0665. The highest BCUT2D eigenvalue weighted by Gasteiger charge is 2.25. The van der Waals surface area contributed by atoms with E-state index in [-0.39, 0.29) is 28.7 Å². The highest BCUT2D eigenvalue weighted by molar-refractivity contribution is 7.89. The molecule has 17 nitrogen and oxygen atoms in total. The molecule has 67 heavy (non-hydrogen) atoms. The Labute approximate surface area is 388 Å². The summed E-state index contributed by atoms with van der Waals surface area (Å²) in [6, 6.07) is 17.5. The number of amidine groups is 1. The van der Waals surface area contributed by atoms with Gasteiger partial charge in [-0.2, -0.15) is 15.5 Å². The maximum atomic E-state index is 12.9. The molecule has 2 aromatic carbocycles. The second-order valence-electron chi connectivity index (χ2n) is 17.6. The number of nitrogens with zero attached hydrogens (tertiary/aromatic N) is 9. The molecular weight excluding hydrogens is 887 g/mol. The van der Waals surface area contributed by atoms with Crippen LogP contribution < -0.4 is 15.2 Å². The number of benzene rings is 2. The Kier molecular flexibility index (Phi) is 12.1. The Morgan fingerprint density at radius 3 is 1.48 bits per heavy atom. The zero-order chi connectivity index (χ0) is 47.2. The zero-order valence-corrected chi connectivity index (χ0v) is 39.2. The molecule has 0 amide bonds. The molecule has 19 heteroatoms. The number of sulfonamides is 2. The molecule has 0 radical (unpaired) electrons. The van der Waals surface area contributed by atoms with E-state index in [4.69, 9.17) is 16.4 Å². The second-order valence-corrected chi connectivity index (χ2v) is 21.1. The molecule has 0 bridgehead atoms. The smallest absolute Gasteiger partial charge is 0.243 e. The summed E-state index contributed by atoms with van der Waals surface area (Å²) in [6.45, 7) is 8.54. The maximum absolute atomic E-state index is 12.9. The fraction of sp³-hybridized carbons (Fsp3) is 0.292.